The highest BCUT2D eigenvalue weighted by Gasteiger charge is 2.32. The van der Waals surface area contributed by atoms with Crippen LogP contribution in [0.1, 0.15) is 24.0 Å². The van der Waals surface area contributed by atoms with Gasteiger partial charge < -0.3 is 10.5 Å². The fourth-order valence-corrected chi connectivity index (χ4v) is 2.56. The lowest BCUT2D eigenvalue weighted by molar-refractivity contribution is 0.128. The first-order valence-electron chi connectivity index (χ1n) is 6.37. The molecule has 0 saturated carbocycles. The van der Waals surface area contributed by atoms with Gasteiger partial charge in [-0.2, -0.15) is 0 Å². The number of hydrogen-bond donors (Lipinski definition) is 1. The van der Waals surface area contributed by atoms with E-state index in [9.17, 15) is 4.79 Å². The molecular formula is C14H20N2O2. The van der Waals surface area contributed by atoms with Crippen LogP contribution in [-0.2, 0) is 4.74 Å². The molecule has 1 saturated heterocycles. The molecule has 0 aromatic heterocycles. The number of aryl methyl sites for hydroxylation is 2. The van der Waals surface area contributed by atoms with Crippen molar-refractivity contribution < 1.29 is 9.53 Å². The Hall–Kier alpha value is -1.55. The minimum absolute atomic E-state index is 0.149. The maximum atomic E-state index is 12.0. The third kappa shape index (κ3) is 2.34. The van der Waals surface area contributed by atoms with Crippen LogP contribution < -0.4 is 10.6 Å². The number of nitrogens with zero attached hydrogens (tertiary/aromatic N) is 1. The zero-order valence-corrected chi connectivity index (χ0v) is 11.0. The first-order valence-corrected chi connectivity index (χ1v) is 6.37. The molecule has 1 aliphatic heterocycles. The lowest BCUT2D eigenvalue weighted by Crippen LogP contribution is -2.47. The fourth-order valence-electron chi connectivity index (χ4n) is 2.56. The second-order valence-electron chi connectivity index (χ2n) is 4.74. The van der Waals surface area contributed by atoms with Gasteiger partial charge in [0.2, 0.25) is 0 Å². The van der Waals surface area contributed by atoms with Gasteiger partial charge in [0.15, 0.2) is 0 Å². The van der Waals surface area contributed by atoms with Crippen molar-refractivity contribution in [3.05, 3.63) is 29.3 Å². The van der Waals surface area contributed by atoms with Crippen LogP contribution in [0.3, 0.4) is 0 Å². The fraction of sp³-hybridized carbons (Fsp3) is 0.500. The molecule has 1 heterocycles. The Labute approximate surface area is 108 Å². The van der Waals surface area contributed by atoms with E-state index in [1.165, 1.54) is 0 Å². The molecule has 4 nitrogen and oxygen atoms in total. The molecule has 1 atom stereocenters. The summed E-state index contributed by atoms with van der Waals surface area (Å²) in [7, 11) is 0. The van der Waals surface area contributed by atoms with Crippen LogP contribution in [0.15, 0.2) is 18.2 Å². The van der Waals surface area contributed by atoms with Crippen molar-refractivity contribution in [2.75, 3.05) is 18.1 Å². The number of nitrogens with two attached hydrogens (primary N) is 1. The molecule has 0 bridgehead atoms. The van der Waals surface area contributed by atoms with Crippen molar-refractivity contribution >= 4 is 11.8 Å². The number of anilines is 1. The van der Waals surface area contributed by atoms with E-state index in [-0.39, 0.29) is 12.1 Å². The molecule has 1 unspecified atom stereocenters. The summed E-state index contributed by atoms with van der Waals surface area (Å²) in [5.74, 6) is 0. The Bertz CT molecular complexity index is 423. The summed E-state index contributed by atoms with van der Waals surface area (Å²) in [6, 6.07) is 6.19. The number of para-hydroxylation sites is 1. The highest BCUT2D eigenvalue weighted by molar-refractivity contribution is 5.91. The average molecular weight is 248 g/mol. The molecule has 1 fully saturated rings. The average Bonchev–Trinajstić information content (AvgIpc) is 2.32. The van der Waals surface area contributed by atoms with Crippen LogP contribution in [0.4, 0.5) is 10.5 Å². The number of amides is 1. The van der Waals surface area contributed by atoms with Gasteiger partial charge in [0.1, 0.15) is 0 Å². The topological polar surface area (TPSA) is 55.6 Å². The second-order valence-corrected chi connectivity index (χ2v) is 4.74. The zero-order valence-electron chi connectivity index (χ0n) is 11.0. The molecule has 2 N–H and O–H groups in total. The van der Waals surface area contributed by atoms with E-state index in [1.54, 1.807) is 4.90 Å². The number of rotatable bonds is 3. The smallest absolute Gasteiger partial charge is 0.414 e. The number of hydrogen-bond acceptors (Lipinski definition) is 3. The quantitative estimate of drug-likeness (QED) is 0.893. The van der Waals surface area contributed by atoms with E-state index in [4.69, 9.17) is 10.5 Å². The lowest BCUT2D eigenvalue weighted by atomic mass is 10.0. The van der Waals surface area contributed by atoms with Gasteiger partial charge in [-0.05, 0) is 37.9 Å². The molecule has 1 amide bonds. The highest BCUT2D eigenvalue weighted by Crippen LogP contribution is 2.30. The summed E-state index contributed by atoms with van der Waals surface area (Å²) < 4.78 is 5.18. The second kappa shape index (κ2) is 5.40. The molecule has 18 heavy (non-hydrogen) atoms. The summed E-state index contributed by atoms with van der Waals surface area (Å²) in [6.07, 6.45) is 1.40. The Kier molecular flexibility index (Phi) is 3.87. The SMILES string of the molecule is Cc1cccc(C)c1N1C(=O)OCCC1CCN. The number of cyclic esters (lactones) is 1. The molecule has 0 radical (unpaired) electrons. The van der Waals surface area contributed by atoms with Gasteiger partial charge in [-0.25, -0.2) is 4.79 Å². The minimum atomic E-state index is -0.253. The third-order valence-corrected chi connectivity index (χ3v) is 3.42. The Morgan fingerprint density at radius 2 is 2.06 bits per heavy atom. The number of ether oxygens (including phenoxy) is 1. The van der Waals surface area contributed by atoms with E-state index in [0.29, 0.717) is 13.2 Å². The molecule has 1 aromatic rings. The maximum absolute atomic E-state index is 12.0. The molecule has 4 heteroatoms. The first kappa shape index (κ1) is 12.9. The van der Waals surface area contributed by atoms with Gasteiger partial charge in [-0.3, -0.25) is 4.90 Å². The normalized spacial score (nSPS) is 19.8. The van der Waals surface area contributed by atoms with Gasteiger partial charge in [0.25, 0.3) is 0 Å². The van der Waals surface area contributed by atoms with Crippen LogP contribution in [0.5, 0.6) is 0 Å². The molecule has 0 spiro atoms. The largest absolute Gasteiger partial charge is 0.449 e. The van der Waals surface area contributed by atoms with E-state index >= 15 is 0 Å². The first-order chi connectivity index (χ1) is 8.65. The van der Waals surface area contributed by atoms with E-state index in [0.717, 1.165) is 29.7 Å². The van der Waals surface area contributed by atoms with Crippen molar-refractivity contribution in [1.29, 1.82) is 0 Å². The Balaban J connectivity index is 2.40. The van der Waals surface area contributed by atoms with Crippen LogP contribution in [0, 0.1) is 13.8 Å². The van der Waals surface area contributed by atoms with Gasteiger partial charge in [-0.1, -0.05) is 18.2 Å². The summed E-state index contributed by atoms with van der Waals surface area (Å²) in [4.78, 5) is 13.8. The van der Waals surface area contributed by atoms with Crippen LogP contribution in [-0.4, -0.2) is 25.3 Å². The van der Waals surface area contributed by atoms with Crippen LogP contribution >= 0.6 is 0 Å². The van der Waals surface area contributed by atoms with Crippen molar-refractivity contribution in [2.24, 2.45) is 5.73 Å². The zero-order chi connectivity index (χ0) is 13.1. The van der Waals surface area contributed by atoms with Gasteiger partial charge in [-0.15, -0.1) is 0 Å². The van der Waals surface area contributed by atoms with Crippen molar-refractivity contribution in [2.45, 2.75) is 32.7 Å². The summed E-state index contributed by atoms with van der Waals surface area (Å²) in [6.45, 7) is 5.11. The van der Waals surface area contributed by atoms with Crippen LogP contribution in [0.2, 0.25) is 0 Å². The van der Waals surface area contributed by atoms with Crippen molar-refractivity contribution in [1.82, 2.24) is 0 Å². The summed E-state index contributed by atoms with van der Waals surface area (Å²) in [5, 5.41) is 0. The lowest BCUT2D eigenvalue weighted by Gasteiger charge is -2.36. The monoisotopic (exact) mass is 248 g/mol. The van der Waals surface area contributed by atoms with E-state index in [1.807, 2.05) is 32.0 Å². The number of carbonyl (C=O) groups is 1. The molecule has 1 aliphatic rings. The van der Waals surface area contributed by atoms with Gasteiger partial charge in [0, 0.05) is 12.5 Å². The van der Waals surface area contributed by atoms with Crippen molar-refractivity contribution in [3.63, 3.8) is 0 Å². The highest BCUT2D eigenvalue weighted by atomic mass is 16.6. The number of benzene rings is 1. The summed E-state index contributed by atoms with van der Waals surface area (Å²) >= 11 is 0. The minimum Gasteiger partial charge on any atom is -0.449 e. The number of carbonyl (C=O) groups excluding carboxylic acids is 1. The van der Waals surface area contributed by atoms with Crippen molar-refractivity contribution in [3.8, 4) is 0 Å². The predicted octanol–water partition coefficient (Wildman–Crippen LogP) is 2.37. The predicted molar refractivity (Wildman–Crippen MR) is 71.8 cm³/mol. The molecule has 0 aliphatic carbocycles. The Morgan fingerprint density at radius 3 is 2.67 bits per heavy atom. The van der Waals surface area contributed by atoms with Gasteiger partial charge >= 0.3 is 6.09 Å². The molecule has 98 valence electrons. The third-order valence-electron chi connectivity index (χ3n) is 3.42. The maximum Gasteiger partial charge on any atom is 0.414 e. The Morgan fingerprint density at radius 1 is 1.39 bits per heavy atom. The molecule has 1 aromatic carbocycles. The van der Waals surface area contributed by atoms with E-state index in [2.05, 4.69) is 0 Å². The molecular weight excluding hydrogens is 228 g/mol. The summed E-state index contributed by atoms with van der Waals surface area (Å²) in [5.41, 5.74) is 8.80. The standard InChI is InChI=1S/C14H20N2O2/c1-10-4-3-5-11(2)13(10)16-12(6-8-15)7-9-18-14(16)17/h3-5,12H,6-9,15H2,1-2H3. The van der Waals surface area contributed by atoms with Crippen LogP contribution in [0.25, 0.3) is 0 Å². The van der Waals surface area contributed by atoms with E-state index < -0.39 is 0 Å². The van der Waals surface area contributed by atoms with Gasteiger partial charge in [0.05, 0.1) is 12.3 Å². The molecule has 2 rings (SSSR count).